The van der Waals surface area contributed by atoms with E-state index in [2.05, 4.69) is 10.4 Å². The summed E-state index contributed by atoms with van der Waals surface area (Å²) in [5.74, 6) is -0.580. The number of carbonyl (C=O) groups excluding carboxylic acids is 1. The van der Waals surface area contributed by atoms with Gasteiger partial charge >= 0.3 is 0 Å². The van der Waals surface area contributed by atoms with Crippen molar-refractivity contribution in [2.45, 2.75) is 6.42 Å². The van der Waals surface area contributed by atoms with E-state index >= 15 is 0 Å². The number of hydrogen-bond acceptors (Lipinski definition) is 3. The molecule has 0 saturated carbocycles. The van der Waals surface area contributed by atoms with Gasteiger partial charge in [-0.15, -0.1) is 0 Å². The number of amides is 1. The lowest BCUT2D eigenvalue weighted by Gasteiger charge is -2.15. The lowest BCUT2D eigenvalue weighted by Crippen LogP contribution is -2.35. The zero-order valence-corrected chi connectivity index (χ0v) is 15.9. The molecule has 0 radical (unpaired) electrons. The van der Waals surface area contributed by atoms with E-state index in [1.165, 1.54) is 24.3 Å². The fraction of sp³-hybridized carbons (Fsp3) is 0.0455. The van der Waals surface area contributed by atoms with Crippen LogP contribution in [0.15, 0.2) is 77.6 Å². The van der Waals surface area contributed by atoms with Crippen molar-refractivity contribution < 1.29 is 9.18 Å². The number of hydrogen-bond donors (Lipinski definition) is 1. The number of carbonyl (C=O) groups is 1. The van der Waals surface area contributed by atoms with Crippen LogP contribution >= 0.6 is 11.6 Å². The highest BCUT2D eigenvalue weighted by Crippen LogP contribution is 2.19. The van der Waals surface area contributed by atoms with Crippen molar-refractivity contribution in [2.75, 3.05) is 5.43 Å². The molecule has 1 amide bonds. The summed E-state index contributed by atoms with van der Waals surface area (Å²) in [6, 6.07) is 19.3. The molecule has 1 N–H and O–H groups in total. The lowest BCUT2D eigenvalue weighted by atomic mass is 10.1. The van der Waals surface area contributed by atoms with E-state index in [4.69, 9.17) is 11.6 Å². The summed E-state index contributed by atoms with van der Waals surface area (Å²) in [4.78, 5) is 30.2. The molecule has 0 atom stereocenters. The van der Waals surface area contributed by atoms with Crippen molar-refractivity contribution in [1.29, 1.82) is 0 Å². The van der Waals surface area contributed by atoms with E-state index in [-0.39, 0.29) is 12.2 Å². The molecule has 0 spiro atoms. The molecule has 1 heterocycles. The average molecular weight is 408 g/mol. The normalized spacial score (nSPS) is 10.8. The summed E-state index contributed by atoms with van der Waals surface area (Å²) < 4.78 is 14.5. The quantitative estimate of drug-likeness (QED) is 0.552. The summed E-state index contributed by atoms with van der Waals surface area (Å²) in [5.41, 5.74) is 3.94. The van der Waals surface area contributed by atoms with Crippen LogP contribution < -0.4 is 11.0 Å². The Morgan fingerprint density at radius 2 is 1.69 bits per heavy atom. The van der Waals surface area contributed by atoms with Crippen molar-refractivity contribution in [1.82, 2.24) is 9.66 Å². The van der Waals surface area contributed by atoms with Gasteiger partial charge in [0.25, 0.3) is 5.56 Å². The largest absolute Gasteiger partial charge is 0.280 e. The van der Waals surface area contributed by atoms with Crippen LogP contribution in [0, 0.1) is 5.82 Å². The minimum atomic E-state index is -0.417. The van der Waals surface area contributed by atoms with Crippen LogP contribution in [0.25, 0.3) is 22.3 Å². The first kappa shape index (κ1) is 18.8. The molecule has 0 fully saturated rings. The number of benzene rings is 3. The summed E-state index contributed by atoms with van der Waals surface area (Å²) in [6.07, 6.45) is 0.0549. The standard InChI is InChI=1S/C22H15ClFN3O2/c23-16-9-5-14(6-10-16)13-20(28)26-27-21(15-7-11-17(24)12-8-15)25-19-4-2-1-3-18(19)22(27)29/h1-12H,13H2,(H,26,28). The van der Waals surface area contributed by atoms with Crippen LogP contribution in [-0.2, 0) is 11.2 Å². The third-order valence-electron chi connectivity index (χ3n) is 4.39. The zero-order chi connectivity index (χ0) is 20.4. The number of nitrogens with one attached hydrogen (secondary N) is 1. The Balaban J connectivity index is 1.77. The predicted molar refractivity (Wildman–Crippen MR) is 111 cm³/mol. The second-order valence-electron chi connectivity index (χ2n) is 6.44. The molecule has 0 unspecified atom stereocenters. The molecule has 7 heteroatoms. The van der Waals surface area contributed by atoms with Gasteiger partial charge in [0.05, 0.1) is 17.3 Å². The first-order chi connectivity index (χ1) is 14.0. The fourth-order valence-corrected chi connectivity index (χ4v) is 3.11. The SMILES string of the molecule is O=C(Cc1ccc(Cl)cc1)Nn1c(-c2ccc(F)cc2)nc2ccccc2c1=O. The lowest BCUT2D eigenvalue weighted by molar-refractivity contribution is -0.116. The highest BCUT2D eigenvalue weighted by molar-refractivity contribution is 6.30. The predicted octanol–water partition coefficient (Wildman–Crippen LogP) is 4.17. The Kier molecular flexibility index (Phi) is 5.10. The second kappa shape index (κ2) is 7.85. The minimum absolute atomic E-state index is 0.0549. The van der Waals surface area contributed by atoms with E-state index in [0.717, 1.165) is 10.2 Å². The molecule has 0 aliphatic heterocycles. The summed E-state index contributed by atoms with van der Waals surface area (Å²) in [6.45, 7) is 0. The van der Waals surface area contributed by atoms with Gasteiger partial charge in [0, 0.05) is 10.6 Å². The Labute approximate surface area is 170 Å². The van der Waals surface area contributed by atoms with Crippen LogP contribution in [0.5, 0.6) is 0 Å². The van der Waals surface area contributed by atoms with E-state index < -0.39 is 17.3 Å². The van der Waals surface area contributed by atoms with E-state index in [1.54, 1.807) is 48.5 Å². The van der Waals surface area contributed by atoms with Gasteiger partial charge in [-0.05, 0) is 54.1 Å². The van der Waals surface area contributed by atoms with Gasteiger partial charge in [0.1, 0.15) is 5.82 Å². The third-order valence-corrected chi connectivity index (χ3v) is 4.64. The maximum atomic E-state index is 13.3. The Morgan fingerprint density at radius 1 is 1.00 bits per heavy atom. The summed E-state index contributed by atoms with van der Waals surface area (Å²) in [5, 5.41) is 0.938. The van der Waals surface area contributed by atoms with Gasteiger partial charge in [-0.3, -0.25) is 15.0 Å². The molecule has 0 bridgehead atoms. The number of para-hydroxylation sites is 1. The van der Waals surface area contributed by atoms with Crippen LogP contribution in [0.1, 0.15) is 5.56 Å². The van der Waals surface area contributed by atoms with Gasteiger partial charge in [-0.25, -0.2) is 9.37 Å². The highest BCUT2D eigenvalue weighted by Gasteiger charge is 2.15. The molecule has 29 heavy (non-hydrogen) atoms. The number of halogens is 2. The van der Waals surface area contributed by atoms with Crippen LogP contribution in [-0.4, -0.2) is 15.6 Å². The van der Waals surface area contributed by atoms with E-state index in [9.17, 15) is 14.0 Å². The Morgan fingerprint density at radius 3 is 2.41 bits per heavy atom. The van der Waals surface area contributed by atoms with Crippen LogP contribution in [0.4, 0.5) is 4.39 Å². The van der Waals surface area contributed by atoms with Crippen LogP contribution in [0.2, 0.25) is 5.02 Å². The maximum absolute atomic E-state index is 13.3. The molecular weight excluding hydrogens is 393 g/mol. The molecule has 0 aliphatic rings. The topological polar surface area (TPSA) is 64.0 Å². The van der Waals surface area contributed by atoms with Crippen LogP contribution in [0.3, 0.4) is 0 Å². The van der Waals surface area contributed by atoms with Crippen molar-refractivity contribution >= 4 is 28.4 Å². The number of aromatic nitrogens is 2. The highest BCUT2D eigenvalue weighted by atomic mass is 35.5. The minimum Gasteiger partial charge on any atom is -0.273 e. The van der Waals surface area contributed by atoms with Gasteiger partial charge in [-0.1, -0.05) is 35.9 Å². The van der Waals surface area contributed by atoms with E-state index in [0.29, 0.717) is 21.5 Å². The summed E-state index contributed by atoms with van der Waals surface area (Å²) in [7, 11) is 0. The molecule has 4 rings (SSSR count). The third kappa shape index (κ3) is 4.02. The zero-order valence-electron chi connectivity index (χ0n) is 15.1. The van der Waals surface area contributed by atoms with Crippen molar-refractivity contribution in [3.63, 3.8) is 0 Å². The molecule has 144 valence electrons. The Hall–Kier alpha value is -3.51. The molecule has 0 saturated heterocycles. The molecule has 3 aromatic carbocycles. The van der Waals surface area contributed by atoms with Gasteiger partial charge < -0.3 is 0 Å². The van der Waals surface area contributed by atoms with Gasteiger partial charge in [0.15, 0.2) is 5.82 Å². The number of rotatable bonds is 4. The number of nitrogens with zero attached hydrogens (tertiary/aromatic N) is 2. The second-order valence-corrected chi connectivity index (χ2v) is 6.87. The van der Waals surface area contributed by atoms with Crippen molar-refractivity contribution in [3.05, 3.63) is 99.6 Å². The first-order valence-corrected chi connectivity index (χ1v) is 9.21. The summed E-state index contributed by atoms with van der Waals surface area (Å²) >= 11 is 5.87. The smallest absolute Gasteiger partial charge is 0.273 e. The van der Waals surface area contributed by atoms with Crippen molar-refractivity contribution in [2.24, 2.45) is 0 Å². The van der Waals surface area contributed by atoms with Gasteiger partial charge in [-0.2, -0.15) is 4.68 Å². The van der Waals surface area contributed by atoms with E-state index in [1.807, 2.05) is 0 Å². The molecule has 1 aromatic heterocycles. The average Bonchev–Trinajstić information content (AvgIpc) is 2.72. The van der Waals surface area contributed by atoms with Gasteiger partial charge in [0.2, 0.25) is 5.91 Å². The Bertz CT molecular complexity index is 1250. The molecule has 5 nitrogen and oxygen atoms in total. The molecule has 4 aromatic rings. The fourth-order valence-electron chi connectivity index (χ4n) is 2.98. The maximum Gasteiger partial charge on any atom is 0.280 e. The molecule has 0 aliphatic carbocycles. The monoisotopic (exact) mass is 407 g/mol. The first-order valence-electron chi connectivity index (χ1n) is 8.83. The number of fused-ring (bicyclic) bond motifs is 1. The van der Waals surface area contributed by atoms with Crippen molar-refractivity contribution in [3.8, 4) is 11.4 Å². The molecular formula is C22H15ClFN3O2.